The summed E-state index contributed by atoms with van der Waals surface area (Å²) < 4.78 is 46.7. The molecular formula is C32H46O9. The Morgan fingerprint density at radius 3 is 2.37 bits per heavy atom. The summed E-state index contributed by atoms with van der Waals surface area (Å²) >= 11 is 0. The predicted octanol–water partition coefficient (Wildman–Crippen LogP) is 5.14. The number of esters is 1. The summed E-state index contributed by atoms with van der Waals surface area (Å²) in [6.07, 6.45) is 7.07. The van der Waals surface area contributed by atoms with E-state index < -0.39 is 12.1 Å². The fraction of sp³-hybridized carbons (Fsp3) is 0.656. The number of allylic oxidation sites excluding steroid dienone is 1. The molecule has 1 saturated carbocycles. The molecule has 0 bridgehead atoms. The van der Waals surface area contributed by atoms with Gasteiger partial charge in [-0.2, -0.15) is 0 Å². The average molecular weight is 575 g/mol. The SMILES string of the molecule is COc1cc(/C=C/C(=O)O[C@@H]2CC[C@]3(CO3)C(C3(C)OC3CC=C(C)C)[C@@H]2OC)cc(OC)c1OCCOC(C)C. The fourth-order valence-corrected chi connectivity index (χ4v) is 5.99. The molecule has 0 N–H and O–H groups in total. The summed E-state index contributed by atoms with van der Waals surface area (Å²) in [6, 6.07) is 3.57. The van der Waals surface area contributed by atoms with Crippen LogP contribution >= 0.6 is 0 Å². The van der Waals surface area contributed by atoms with Gasteiger partial charge in [0, 0.05) is 13.2 Å². The third kappa shape index (κ3) is 7.25. The molecule has 0 aromatic heterocycles. The van der Waals surface area contributed by atoms with Gasteiger partial charge in [-0.15, -0.1) is 0 Å². The minimum atomic E-state index is -0.449. The van der Waals surface area contributed by atoms with E-state index in [1.54, 1.807) is 39.5 Å². The van der Waals surface area contributed by atoms with E-state index in [9.17, 15) is 4.79 Å². The molecule has 9 heteroatoms. The Kier molecular flexibility index (Phi) is 10.1. The van der Waals surface area contributed by atoms with Crippen LogP contribution in [-0.2, 0) is 28.5 Å². The Morgan fingerprint density at radius 1 is 1.12 bits per heavy atom. The summed E-state index contributed by atoms with van der Waals surface area (Å²) in [5, 5.41) is 0. The number of carbonyl (C=O) groups is 1. The molecule has 1 aromatic rings. The van der Waals surface area contributed by atoms with Gasteiger partial charge in [0.15, 0.2) is 11.5 Å². The van der Waals surface area contributed by atoms with Crippen molar-refractivity contribution in [2.45, 2.75) is 89.5 Å². The van der Waals surface area contributed by atoms with Gasteiger partial charge in [0.1, 0.15) is 30.0 Å². The van der Waals surface area contributed by atoms with E-state index in [4.69, 9.17) is 37.9 Å². The average Bonchev–Trinajstić information content (AvgIpc) is 3.86. The first kappa shape index (κ1) is 31.3. The second-order valence-electron chi connectivity index (χ2n) is 11.7. The van der Waals surface area contributed by atoms with Crippen molar-refractivity contribution < 1.29 is 42.7 Å². The zero-order valence-electron chi connectivity index (χ0n) is 25.7. The Bertz CT molecular complexity index is 1090. The van der Waals surface area contributed by atoms with Gasteiger partial charge in [-0.25, -0.2) is 4.79 Å². The molecule has 2 heterocycles. The maximum Gasteiger partial charge on any atom is 0.331 e. The number of epoxide rings is 2. The summed E-state index contributed by atoms with van der Waals surface area (Å²) in [5.74, 6) is 0.986. The van der Waals surface area contributed by atoms with E-state index in [1.807, 2.05) is 13.8 Å². The van der Waals surface area contributed by atoms with Crippen LogP contribution in [0, 0.1) is 5.92 Å². The van der Waals surface area contributed by atoms with Crippen LogP contribution in [0.2, 0.25) is 0 Å². The monoisotopic (exact) mass is 574 g/mol. The molecule has 0 radical (unpaired) electrons. The van der Waals surface area contributed by atoms with Crippen molar-refractivity contribution in [3.63, 3.8) is 0 Å². The lowest BCUT2D eigenvalue weighted by Gasteiger charge is -2.42. The third-order valence-corrected chi connectivity index (χ3v) is 8.18. The molecule has 6 atom stereocenters. The molecule has 9 nitrogen and oxygen atoms in total. The van der Waals surface area contributed by atoms with Gasteiger partial charge in [-0.3, -0.25) is 0 Å². The minimum Gasteiger partial charge on any atom is -0.493 e. The lowest BCUT2D eigenvalue weighted by molar-refractivity contribution is -0.166. The van der Waals surface area contributed by atoms with Crippen LogP contribution in [0.15, 0.2) is 29.9 Å². The van der Waals surface area contributed by atoms with Crippen LogP contribution < -0.4 is 14.2 Å². The number of ether oxygens (including phenoxy) is 8. The lowest BCUT2D eigenvalue weighted by Crippen LogP contribution is -2.55. The van der Waals surface area contributed by atoms with Gasteiger partial charge in [-0.1, -0.05) is 11.6 Å². The first-order chi connectivity index (χ1) is 19.6. The second-order valence-corrected chi connectivity index (χ2v) is 11.7. The van der Waals surface area contributed by atoms with Crippen molar-refractivity contribution >= 4 is 12.0 Å². The van der Waals surface area contributed by atoms with Crippen molar-refractivity contribution in [2.75, 3.05) is 41.2 Å². The van der Waals surface area contributed by atoms with E-state index in [2.05, 4.69) is 26.8 Å². The number of benzene rings is 1. The smallest absolute Gasteiger partial charge is 0.331 e. The van der Waals surface area contributed by atoms with Crippen LogP contribution in [0.4, 0.5) is 0 Å². The molecule has 2 saturated heterocycles. The lowest BCUT2D eigenvalue weighted by atomic mass is 9.68. The molecule has 3 fully saturated rings. The molecular weight excluding hydrogens is 528 g/mol. The Balaban J connectivity index is 1.43. The quantitative estimate of drug-likeness (QED) is 0.0983. The van der Waals surface area contributed by atoms with Gasteiger partial charge in [0.25, 0.3) is 0 Å². The van der Waals surface area contributed by atoms with Crippen LogP contribution in [-0.4, -0.2) is 82.7 Å². The summed E-state index contributed by atoms with van der Waals surface area (Å²) in [7, 11) is 4.79. The van der Waals surface area contributed by atoms with Crippen LogP contribution in [0.5, 0.6) is 17.2 Å². The number of hydrogen-bond donors (Lipinski definition) is 0. The zero-order valence-corrected chi connectivity index (χ0v) is 25.7. The third-order valence-electron chi connectivity index (χ3n) is 8.18. The van der Waals surface area contributed by atoms with E-state index in [0.717, 1.165) is 12.8 Å². The van der Waals surface area contributed by atoms with Crippen molar-refractivity contribution in [1.82, 2.24) is 0 Å². The van der Waals surface area contributed by atoms with Crippen molar-refractivity contribution in [2.24, 2.45) is 5.92 Å². The van der Waals surface area contributed by atoms with Gasteiger partial charge < -0.3 is 37.9 Å². The van der Waals surface area contributed by atoms with Crippen LogP contribution in [0.1, 0.15) is 59.4 Å². The molecule has 228 valence electrons. The Labute approximate surface area is 244 Å². The van der Waals surface area contributed by atoms with Gasteiger partial charge in [-0.05, 0) is 77.7 Å². The highest BCUT2D eigenvalue weighted by molar-refractivity contribution is 5.87. The van der Waals surface area contributed by atoms with E-state index in [-0.39, 0.29) is 35.4 Å². The fourth-order valence-electron chi connectivity index (χ4n) is 5.99. The van der Waals surface area contributed by atoms with E-state index in [1.165, 1.54) is 11.6 Å². The van der Waals surface area contributed by atoms with Crippen molar-refractivity contribution in [3.8, 4) is 17.2 Å². The van der Waals surface area contributed by atoms with Gasteiger partial charge in [0.2, 0.25) is 5.75 Å². The molecule has 41 heavy (non-hydrogen) atoms. The van der Waals surface area contributed by atoms with E-state index >= 15 is 0 Å². The van der Waals surface area contributed by atoms with Crippen molar-refractivity contribution in [3.05, 3.63) is 35.4 Å². The van der Waals surface area contributed by atoms with Crippen LogP contribution in [0.25, 0.3) is 6.08 Å². The maximum atomic E-state index is 13.0. The first-order valence-electron chi connectivity index (χ1n) is 14.4. The topological polar surface area (TPSA) is 97.5 Å². The molecule has 1 aromatic carbocycles. The van der Waals surface area contributed by atoms with Gasteiger partial charge in [0.05, 0.1) is 45.6 Å². The number of rotatable bonds is 14. The maximum absolute atomic E-state index is 13.0. The minimum absolute atomic E-state index is 0.0295. The number of methoxy groups -OCH3 is 3. The summed E-state index contributed by atoms with van der Waals surface area (Å²) in [5.41, 5.74) is 1.31. The largest absolute Gasteiger partial charge is 0.493 e. The zero-order chi connectivity index (χ0) is 29.8. The standard InChI is InChI=1S/C32H46O9/c1-20(2)9-11-26-31(5,41-26)30-29(36-8)23(13-14-32(30)19-39-32)40-27(33)12-10-22-17-24(34-6)28(25(18-22)35-7)38-16-15-37-21(3)4/h9-10,12,17-18,21,23,26,29-30H,11,13-16,19H2,1-8H3/b12-10+/t23-,26?,29-,30?,31?,32+/m1/s1. The number of hydrogen-bond acceptors (Lipinski definition) is 9. The summed E-state index contributed by atoms with van der Waals surface area (Å²) in [4.78, 5) is 13.0. The Morgan fingerprint density at radius 2 is 1.80 bits per heavy atom. The molecule has 3 unspecified atom stereocenters. The highest BCUT2D eigenvalue weighted by Crippen LogP contribution is 2.59. The molecule has 1 spiro atoms. The summed E-state index contributed by atoms with van der Waals surface area (Å²) in [6.45, 7) is 11.7. The van der Waals surface area contributed by atoms with Crippen LogP contribution in [0.3, 0.4) is 0 Å². The molecule has 0 amide bonds. The van der Waals surface area contributed by atoms with Crippen molar-refractivity contribution in [1.29, 1.82) is 0 Å². The Hall–Kier alpha value is -2.59. The number of carbonyl (C=O) groups excluding carboxylic acids is 1. The first-order valence-corrected chi connectivity index (χ1v) is 14.4. The molecule has 2 aliphatic heterocycles. The van der Waals surface area contributed by atoms with Gasteiger partial charge >= 0.3 is 5.97 Å². The molecule has 4 rings (SSSR count). The molecule has 1 aliphatic carbocycles. The highest BCUT2D eigenvalue weighted by atomic mass is 16.6. The normalized spacial score (nSPS) is 30.4. The predicted molar refractivity (Wildman–Crippen MR) is 155 cm³/mol. The molecule has 3 aliphatic rings. The van der Waals surface area contributed by atoms with E-state index in [0.29, 0.717) is 49.1 Å². The second kappa shape index (κ2) is 13.2. The highest BCUT2D eigenvalue weighted by Gasteiger charge is 2.72.